The van der Waals surface area contributed by atoms with E-state index >= 15 is 0 Å². The number of imidazole rings is 1. The zero-order valence-corrected chi connectivity index (χ0v) is 9.25. The van der Waals surface area contributed by atoms with Crippen LogP contribution in [-0.2, 0) is 4.74 Å². The molecule has 0 saturated carbocycles. The molecule has 0 bridgehead atoms. The van der Waals surface area contributed by atoms with Crippen LogP contribution in [0, 0.1) is 6.92 Å². The Morgan fingerprint density at radius 3 is 3.00 bits per heavy atom. The van der Waals surface area contributed by atoms with Crippen molar-refractivity contribution in [3.05, 3.63) is 16.6 Å². The molecule has 0 spiro atoms. The molecule has 13 heavy (non-hydrogen) atoms. The molecule has 0 radical (unpaired) electrons. The van der Waals surface area contributed by atoms with Crippen LogP contribution in [0.15, 0.2) is 10.8 Å². The lowest BCUT2D eigenvalue weighted by molar-refractivity contribution is -0.0344. The highest BCUT2D eigenvalue weighted by Gasteiger charge is 2.19. The van der Waals surface area contributed by atoms with Crippen molar-refractivity contribution in [1.82, 2.24) is 9.55 Å². The molecule has 1 aliphatic rings. The third-order valence-electron chi connectivity index (χ3n) is 2.38. The highest BCUT2D eigenvalue weighted by molar-refractivity contribution is 9.10. The Morgan fingerprint density at radius 1 is 1.62 bits per heavy atom. The van der Waals surface area contributed by atoms with E-state index in [0.717, 1.165) is 23.5 Å². The second kappa shape index (κ2) is 3.80. The van der Waals surface area contributed by atoms with Gasteiger partial charge in [-0.15, -0.1) is 0 Å². The Balaban J connectivity index is 2.22. The van der Waals surface area contributed by atoms with Gasteiger partial charge in [0, 0.05) is 6.61 Å². The molecule has 0 N–H and O–H groups in total. The van der Waals surface area contributed by atoms with E-state index in [-0.39, 0.29) is 6.23 Å². The highest BCUT2D eigenvalue weighted by atomic mass is 79.9. The normalized spacial score (nSPS) is 23.4. The van der Waals surface area contributed by atoms with Crippen LogP contribution in [0.1, 0.15) is 31.3 Å². The Bertz CT molecular complexity index is 272. The second-order valence-corrected chi connectivity index (χ2v) is 4.13. The number of ether oxygens (including phenoxy) is 1. The van der Waals surface area contributed by atoms with Crippen LogP contribution in [0.4, 0.5) is 0 Å². The summed E-state index contributed by atoms with van der Waals surface area (Å²) in [6.07, 6.45) is 5.53. The van der Waals surface area contributed by atoms with E-state index in [1.54, 1.807) is 0 Å². The van der Waals surface area contributed by atoms with E-state index in [1.807, 2.05) is 13.1 Å². The predicted molar refractivity (Wildman–Crippen MR) is 53.5 cm³/mol. The summed E-state index contributed by atoms with van der Waals surface area (Å²) in [5.41, 5.74) is 0. The smallest absolute Gasteiger partial charge is 0.136 e. The van der Waals surface area contributed by atoms with Gasteiger partial charge in [0.25, 0.3) is 0 Å². The molecular formula is C9H13BrN2O. The summed E-state index contributed by atoms with van der Waals surface area (Å²) in [5.74, 6) is 1.01. The molecule has 72 valence electrons. The van der Waals surface area contributed by atoms with E-state index < -0.39 is 0 Å². The molecular weight excluding hydrogens is 232 g/mol. The third-order valence-corrected chi connectivity index (χ3v) is 2.97. The van der Waals surface area contributed by atoms with Crippen LogP contribution in [0.25, 0.3) is 0 Å². The Hall–Kier alpha value is -0.350. The molecule has 1 atom stereocenters. The van der Waals surface area contributed by atoms with E-state index in [0.29, 0.717) is 0 Å². The average Bonchev–Trinajstić information content (AvgIpc) is 2.48. The summed E-state index contributed by atoms with van der Waals surface area (Å²) in [7, 11) is 0. The summed E-state index contributed by atoms with van der Waals surface area (Å²) in [6, 6.07) is 0. The number of aryl methyl sites for hydroxylation is 1. The van der Waals surface area contributed by atoms with Gasteiger partial charge in [-0.3, -0.25) is 4.57 Å². The fourth-order valence-electron chi connectivity index (χ4n) is 1.70. The average molecular weight is 245 g/mol. The lowest BCUT2D eigenvalue weighted by atomic mass is 10.2. The quantitative estimate of drug-likeness (QED) is 0.760. The van der Waals surface area contributed by atoms with Gasteiger partial charge >= 0.3 is 0 Å². The van der Waals surface area contributed by atoms with Gasteiger partial charge in [0.05, 0.1) is 6.20 Å². The van der Waals surface area contributed by atoms with Gasteiger partial charge in [-0.1, -0.05) is 0 Å². The number of nitrogens with zero attached hydrogens (tertiary/aromatic N) is 2. The third kappa shape index (κ3) is 1.79. The summed E-state index contributed by atoms with van der Waals surface area (Å²) >= 11 is 3.47. The zero-order chi connectivity index (χ0) is 9.26. The minimum Gasteiger partial charge on any atom is -0.358 e. The van der Waals surface area contributed by atoms with Crippen LogP contribution in [0.5, 0.6) is 0 Å². The van der Waals surface area contributed by atoms with Crippen molar-refractivity contribution in [2.45, 2.75) is 32.4 Å². The van der Waals surface area contributed by atoms with Gasteiger partial charge in [-0.25, -0.2) is 4.98 Å². The number of halogens is 1. The molecule has 0 aromatic carbocycles. The molecule has 0 aliphatic carbocycles. The molecule has 1 aromatic heterocycles. The fourth-order valence-corrected chi connectivity index (χ4v) is 2.29. The van der Waals surface area contributed by atoms with Gasteiger partial charge in [-0.05, 0) is 42.1 Å². The molecule has 4 heteroatoms. The summed E-state index contributed by atoms with van der Waals surface area (Å²) < 4.78 is 8.80. The van der Waals surface area contributed by atoms with Gasteiger partial charge in [-0.2, -0.15) is 0 Å². The topological polar surface area (TPSA) is 27.1 Å². The van der Waals surface area contributed by atoms with Gasteiger partial charge < -0.3 is 4.74 Å². The van der Waals surface area contributed by atoms with Crippen LogP contribution < -0.4 is 0 Å². The van der Waals surface area contributed by atoms with E-state index in [4.69, 9.17) is 4.74 Å². The maximum atomic E-state index is 5.68. The predicted octanol–water partition coefficient (Wildman–Crippen LogP) is 2.65. The lowest BCUT2D eigenvalue weighted by Gasteiger charge is -2.25. The van der Waals surface area contributed by atoms with Crippen molar-refractivity contribution in [3.63, 3.8) is 0 Å². The molecule has 1 aromatic rings. The Morgan fingerprint density at radius 2 is 2.46 bits per heavy atom. The molecule has 2 rings (SSSR count). The first kappa shape index (κ1) is 9.21. The first-order chi connectivity index (χ1) is 6.29. The maximum absolute atomic E-state index is 5.68. The Kier molecular flexibility index (Phi) is 2.69. The number of aromatic nitrogens is 2. The second-order valence-electron chi connectivity index (χ2n) is 3.32. The first-order valence-corrected chi connectivity index (χ1v) is 5.39. The summed E-state index contributed by atoms with van der Waals surface area (Å²) in [6.45, 7) is 2.87. The van der Waals surface area contributed by atoms with Crippen LogP contribution in [0.3, 0.4) is 0 Å². The molecule has 1 saturated heterocycles. The number of rotatable bonds is 1. The Labute approximate surface area is 86.2 Å². The van der Waals surface area contributed by atoms with Crippen molar-refractivity contribution >= 4 is 15.9 Å². The number of hydrogen-bond acceptors (Lipinski definition) is 2. The van der Waals surface area contributed by atoms with Crippen molar-refractivity contribution in [2.24, 2.45) is 0 Å². The van der Waals surface area contributed by atoms with E-state index in [1.165, 1.54) is 12.8 Å². The standard InChI is InChI=1S/C9H13BrN2O/c1-7-11-6-8(10)12(7)9-4-2-3-5-13-9/h6,9H,2-5H2,1H3. The van der Waals surface area contributed by atoms with Crippen LogP contribution in [0.2, 0.25) is 0 Å². The van der Waals surface area contributed by atoms with E-state index in [9.17, 15) is 0 Å². The van der Waals surface area contributed by atoms with Crippen LogP contribution >= 0.6 is 15.9 Å². The SMILES string of the molecule is Cc1ncc(Br)n1C1CCCCO1. The largest absolute Gasteiger partial charge is 0.358 e. The molecule has 3 nitrogen and oxygen atoms in total. The summed E-state index contributed by atoms with van der Waals surface area (Å²) in [4.78, 5) is 4.23. The minimum atomic E-state index is 0.186. The number of hydrogen-bond donors (Lipinski definition) is 0. The van der Waals surface area contributed by atoms with E-state index in [2.05, 4.69) is 25.5 Å². The fraction of sp³-hybridized carbons (Fsp3) is 0.667. The molecule has 0 amide bonds. The highest BCUT2D eigenvalue weighted by Crippen LogP contribution is 2.27. The van der Waals surface area contributed by atoms with Crippen molar-refractivity contribution in [2.75, 3.05) is 6.61 Å². The molecule has 2 heterocycles. The monoisotopic (exact) mass is 244 g/mol. The van der Waals surface area contributed by atoms with Crippen molar-refractivity contribution < 1.29 is 4.74 Å². The zero-order valence-electron chi connectivity index (χ0n) is 7.66. The van der Waals surface area contributed by atoms with Crippen molar-refractivity contribution in [1.29, 1.82) is 0 Å². The van der Waals surface area contributed by atoms with Crippen molar-refractivity contribution in [3.8, 4) is 0 Å². The lowest BCUT2D eigenvalue weighted by Crippen LogP contribution is -2.19. The molecule has 1 fully saturated rings. The van der Waals surface area contributed by atoms with Gasteiger partial charge in [0.15, 0.2) is 0 Å². The van der Waals surface area contributed by atoms with Crippen LogP contribution in [-0.4, -0.2) is 16.2 Å². The van der Waals surface area contributed by atoms with Gasteiger partial charge in [0.1, 0.15) is 16.7 Å². The summed E-state index contributed by atoms with van der Waals surface area (Å²) in [5, 5.41) is 0. The molecule has 1 aliphatic heterocycles. The maximum Gasteiger partial charge on any atom is 0.136 e. The molecule has 1 unspecified atom stereocenters. The minimum absolute atomic E-state index is 0.186. The first-order valence-electron chi connectivity index (χ1n) is 4.60. The van der Waals surface area contributed by atoms with Gasteiger partial charge in [0.2, 0.25) is 0 Å².